The van der Waals surface area contributed by atoms with Gasteiger partial charge in [0.05, 0.1) is 21.3 Å². The second-order valence-corrected chi connectivity index (χ2v) is 6.16. The molecule has 7 nitrogen and oxygen atoms in total. The molecule has 0 heterocycles. The maximum atomic E-state index is 12.6. The van der Waals surface area contributed by atoms with Crippen molar-refractivity contribution in [2.45, 2.75) is 19.6 Å². The van der Waals surface area contributed by atoms with Crippen molar-refractivity contribution < 1.29 is 27.7 Å². The van der Waals surface area contributed by atoms with Crippen molar-refractivity contribution in [3.63, 3.8) is 0 Å². The standard InChI is InChI=1S/C21H27F2N3O4/c1-24-21(26-13-15-6-8-16(27-2)18(12-15)29-4)25-10-9-14-5-7-17(28-3)19(11-14)30-20(22)23/h5-8,11-12,20H,9-10,13H2,1-4H3,(H2,24,25,26). The van der Waals surface area contributed by atoms with Crippen LogP contribution < -0.4 is 29.6 Å². The molecule has 2 rings (SSSR count). The van der Waals surface area contributed by atoms with E-state index in [1.807, 2.05) is 18.2 Å². The van der Waals surface area contributed by atoms with Gasteiger partial charge in [-0.1, -0.05) is 12.1 Å². The average molecular weight is 423 g/mol. The Bertz CT molecular complexity index is 847. The second-order valence-electron chi connectivity index (χ2n) is 6.16. The molecule has 2 aromatic carbocycles. The van der Waals surface area contributed by atoms with Crippen molar-refractivity contribution in [2.24, 2.45) is 4.99 Å². The van der Waals surface area contributed by atoms with Crippen LogP contribution in [0.15, 0.2) is 41.4 Å². The van der Waals surface area contributed by atoms with Crippen molar-refractivity contribution in [3.05, 3.63) is 47.5 Å². The molecule has 0 unspecified atom stereocenters. The van der Waals surface area contributed by atoms with Gasteiger partial charge in [0.2, 0.25) is 0 Å². The molecule has 0 aromatic heterocycles. The Hall–Kier alpha value is -3.23. The maximum absolute atomic E-state index is 12.6. The lowest BCUT2D eigenvalue weighted by atomic mass is 10.1. The minimum atomic E-state index is -2.91. The van der Waals surface area contributed by atoms with E-state index >= 15 is 0 Å². The summed E-state index contributed by atoms with van der Waals surface area (Å²) in [5.74, 6) is 2.21. The van der Waals surface area contributed by atoms with Gasteiger partial charge in [0.15, 0.2) is 29.0 Å². The van der Waals surface area contributed by atoms with E-state index in [2.05, 4.69) is 20.4 Å². The summed E-state index contributed by atoms with van der Waals surface area (Å²) in [6, 6.07) is 10.6. The van der Waals surface area contributed by atoms with Crippen LogP contribution in [0.3, 0.4) is 0 Å². The molecule has 2 N–H and O–H groups in total. The van der Waals surface area contributed by atoms with Gasteiger partial charge in [0, 0.05) is 20.1 Å². The largest absolute Gasteiger partial charge is 0.493 e. The summed E-state index contributed by atoms with van der Waals surface area (Å²) in [7, 11) is 6.26. The predicted molar refractivity (Wildman–Crippen MR) is 111 cm³/mol. The number of aliphatic imine (C=N–C) groups is 1. The first-order valence-corrected chi connectivity index (χ1v) is 9.27. The number of nitrogens with one attached hydrogen (secondary N) is 2. The van der Waals surface area contributed by atoms with E-state index in [0.717, 1.165) is 11.1 Å². The SMILES string of the molecule is CN=C(NCCc1ccc(OC)c(OC(F)F)c1)NCc1ccc(OC)c(OC)c1. The van der Waals surface area contributed by atoms with Crippen LogP contribution in [0.1, 0.15) is 11.1 Å². The molecular formula is C21H27F2N3O4. The summed E-state index contributed by atoms with van der Waals surface area (Å²) in [6.45, 7) is -1.83. The van der Waals surface area contributed by atoms with Crippen LogP contribution in [-0.2, 0) is 13.0 Å². The van der Waals surface area contributed by atoms with Crippen LogP contribution >= 0.6 is 0 Å². The zero-order valence-corrected chi connectivity index (χ0v) is 17.5. The second kappa shape index (κ2) is 11.7. The number of rotatable bonds is 10. The molecule has 0 saturated heterocycles. The highest BCUT2D eigenvalue weighted by atomic mass is 19.3. The van der Waals surface area contributed by atoms with Crippen LogP contribution in [0.25, 0.3) is 0 Å². The summed E-state index contributed by atoms with van der Waals surface area (Å²) in [5, 5.41) is 6.41. The van der Waals surface area contributed by atoms with Gasteiger partial charge in [-0.25, -0.2) is 0 Å². The molecule has 2 aromatic rings. The molecule has 9 heteroatoms. The molecule has 0 saturated carbocycles. The fraction of sp³-hybridized carbons (Fsp3) is 0.381. The zero-order valence-electron chi connectivity index (χ0n) is 17.5. The third kappa shape index (κ3) is 6.68. The molecule has 0 aliphatic heterocycles. The number of hydrogen-bond acceptors (Lipinski definition) is 5. The third-order valence-corrected chi connectivity index (χ3v) is 4.28. The molecule has 164 valence electrons. The molecular weight excluding hydrogens is 396 g/mol. The number of benzene rings is 2. The van der Waals surface area contributed by atoms with Gasteiger partial charge in [-0.15, -0.1) is 0 Å². The van der Waals surface area contributed by atoms with E-state index in [9.17, 15) is 8.78 Å². The fourth-order valence-electron chi connectivity index (χ4n) is 2.79. The summed E-state index contributed by atoms with van der Waals surface area (Å²) in [6.07, 6.45) is 0.584. The van der Waals surface area contributed by atoms with Gasteiger partial charge >= 0.3 is 6.61 Å². The molecule has 0 radical (unpaired) electrons. The van der Waals surface area contributed by atoms with Gasteiger partial charge < -0.3 is 29.6 Å². The van der Waals surface area contributed by atoms with Crippen LogP contribution in [0.4, 0.5) is 8.78 Å². The predicted octanol–water partition coefficient (Wildman–Crippen LogP) is 3.22. The lowest BCUT2D eigenvalue weighted by Gasteiger charge is -2.14. The first-order chi connectivity index (χ1) is 14.5. The number of alkyl halides is 2. The van der Waals surface area contributed by atoms with Gasteiger partial charge in [0.25, 0.3) is 0 Å². The topological polar surface area (TPSA) is 73.3 Å². The Kier molecular flexibility index (Phi) is 8.99. The number of guanidine groups is 1. The molecule has 0 atom stereocenters. The highest BCUT2D eigenvalue weighted by Crippen LogP contribution is 2.29. The molecule has 0 aliphatic rings. The first kappa shape index (κ1) is 23.1. The Morgan fingerprint density at radius 3 is 2.07 bits per heavy atom. The number of hydrogen-bond donors (Lipinski definition) is 2. The first-order valence-electron chi connectivity index (χ1n) is 9.27. The molecule has 0 bridgehead atoms. The zero-order chi connectivity index (χ0) is 21.9. The van der Waals surface area contributed by atoms with Gasteiger partial charge in [0.1, 0.15) is 0 Å². The summed E-state index contributed by atoms with van der Waals surface area (Å²) < 4.78 is 45.2. The van der Waals surface area contributed by atoms with Crippen molar-refractivity contribution >= 4 is 5.96 Å². The van der Waals surface area contributed by atoms with E-state index in [4.69, 9.17) is 14.2 Å². The Balaban J connectivity index is 1.89. The van der Waals surface area contributed by atoms with E-state index < -0.39 is 6.61 Å². The van der Waals surface area contributed by atoms with Gasteiger partial charge in [-0.2, -0.15) is 8.78 Å². The Labute approximate surface area is 175 Å². The quantitative estimate of drug-likeness (QED) is 0.452. The maximum Gasteiger partial charge on any atom is 0.387 e. The van der Waals surface area contributed by atoms with Crippen molar-refractivity contribution in [3.8, 4) is 23.0 Å². The van der Waals surface area contributed by atoms with E-state index in [1.54, 1.807) is 39.5 Å². The summed E-state index contributed by atoms with van der Waals surface area (Å²) >= 11 is 0. The number of halogens is 2. The number of ether oxygens (including phenoxy) is 4. The Morgan fingerprint density at radius 2 is 1.47 bits per heavy atom. The van der Waals surface area contributed by atoms with Crippen LogP contribution in [-0.4, -0.2) is 47.5 Å². The summed E-state index contributed by atoms with van der Waals surface area (Å²) in [4.78, 5) is 4.19. The lowest BCUT2D eigenvalue weighted by Crippen LogP contribution is -2.37. The third-order valence-electron chi connectivity index (χ3n) is 4.28. The molecule has 0 spiro atoms. The smallest absolute Gasteiger partial charge is 0.387 e. The lowest BCUT2D eigenvalue weighted by molar-refractivity contribution is -0.0512. The summed E-state index contributed by atoms with van der Waals surface area (Å²) in [5.41, 5.74) is 1.83. The molecule has 0 aliphatic carbocycles. The van der Waals surface area contributed by atoms with Crippen molar-refractivity contribution in [1.82, 2.24) is 10.6 Å². The number of methoxy groups -OCH3 is 3. The van der Waals surface area contributed by atoms with Crippen LogP contribution in [0, 0.1) is 0 Å². The minimum absolute atomic E-state index is 0.0148. The molecule has 0 amide bonds. The van der Waals surface area contributed by atoms with Crippen molar-refractivity contribution in [1.29, 1.82) is 0 Å². The van der Waals surface area contributed by atoms with E-state index in [1.165, 1.54) is 7.11 Å². The normalized spacial score (nSPS) is 11.2. The van der Waals surface area contributed by atoms with Crippen molar-refractivity contribution in [2.75, 3.05) is 34.9 Å². The minimum Gasteiger partial charge on any atom is -0.493 e. The monoisotopic (exact) mass is 423 g/mol. The van der Waals surface area contributed by atoms with Gasteiger partial charge in [-0.05, 0) is 41.8 Å². The molecule has 30 heavy (non-hydrogen) atoms. The van der Waals surface area contributed by atoms with Gasteiger partial charge in [-0.3, -0.25) is 4.99 Å². The molecule has 0 fully saturated rings. The number of nitrogens with zero attached hydrogens (tertiary/aromatic N) is 1. The fourth-order valence-corrected chi connectivity index (χ4v) is 2.79. The van der Waals surface area contributed by atoms with E-state index in [0.29, 0.717) is 37.0 Å². The van der Waals surface area contributed by atoms with Crippen LogP contribution in [0.5, 0.6) is 23.0 Å². The van der Waals surface area contributed by atoms with E-state index in [-0.39, 0.29) is 11.5 Å². The Morgan fingerprint density at radius 1 is 0.867 bits per heavy atom. The van der Waals surface area contributed by atoms with Crippen LogP contribution in [0.2, 0.25) is 0 Å². The highest BCUT2D eigenvalue weighted by molar-refractivity contribution is 5.79. The average Bonchev–Trinajstić information content (AvgIpc) is 2.75. The highest BCUT2D eigenvalue weighted by Gasteiger charge is 2.11.